The van der Waals surface area contributed by atoms with Gasteiger partial charge >= 0.3 is 5.97 Å². The Bertz CT molecular complexity index is 987. The van der Waals surface area contributed by atoms with Gasteiger partial charge in [-0.3, -0.25) is 4.40 Å². The Morgan fingerprint density at radius 1 is 1.14 bits per heavy atom. The van der Waals surface area contributed by atoms with Gasteiger partial charge in [-0.2, -0.15) is 0 Å². The number of carboxylic acids is 1. The largest absolute Gasteiger partial charge is 0.478 e. The number of carbonyl (C=O) groups is 1. The van der Waals surface area contributed by atoms with Gasteiger partial charge in [-0.15, -0.1) is 21.5 Å². The summed E-state index contributed by atoms with van der Waals surface area (Å²) in [5.74, 6) is -0.308. The van der Waals surface area contributed by atoms with E-state index in [2.05, 4.69) is 16.3 Å². The van der Waals surface area contributed by atoms with E-state index in [0.29, 0.717) is 11.5 Å². The lowest BCUT2D eigenvalue weighted by Gasteiger charge is -2.00. The molecule has 0 spiro atoms. The van der Waals surface area contributed by atoms with E-state index >= 15 is 0 Å². The fraction of sp³-hybridized carbons (Fsp3) is 0. The standard InChI is InChI=1S/C15H9N3O2S/c19-15(20)9-5-6-13-16-17-14(18(13)7-9)11-8-21-12-4-2-1-3-10(11)12/h1-8H,(H,19,20). The number of nitrogens with zero attached hydrogens (tertiary/aromatic N) is 3. The quantitative estimate of drug-likeness (QED) is 0.616. The smallest absolute Gasteiger partial charge is 0.337 e. The molecule has 4 rings (SSSR count). The predicted octanol–water partition coefficient (Wildman–Crippen LogP) is 3.31. The molecule has 102 valence electrons. The lowest BCUT2D eigenvalue weighted by atomic mass is 10.1. The molecule has 0 aliphatic rings. The summed E-state index contributed by atoms with van der Waals surface area (Å²) in [7, 11) is 0. The van der Waals surface area contributed by atoms with Crippen LogP contribution in [0.2, 0.25) is 0 Å². The van der Waals surface area contributed by atoms with Crippen LogP contribution < -0.4 is 0 Å². The van der Waals surface area contributed by atoms with E-state index in [1.54, 1.807) is 28.0 Å². The molecule has 5 nitrogen and oxygen atoms in total. The van der Waals surface area contributed by atoms with Gasteiger partial charge in [-0.25, -0.2) is 4.79 Å². The third-order valence-corrected chi connectivity index (χ3v) is 4.33. The molecule has 4 aromatic rings. The number of hydrogen-bond acceptors (Lipinski definition) is 4. The van der Waals surface area contributed by atoms with Crippen LogP contribution in [0.25, 0.3) is 27.1 Å². The summed E-state index contributed by atoms with van der Waals surface area (Å²) >= 11 is 1.63. The number of aromatic nitrogens is 3. The summed E-state index contributed by atoms with van der Waals surface area (Å²) in [6, 6.07) is 11.2. The van der Waals surface area contributed by atoms with Gasteiger partial charge in [-0.1, -0.05) is 18.2 Å². The van der Waals surface area contributed by atoms with E-state index in [1.165, 1.54) is 10.8 Å². The number of fused-ring (bicyclic) bond motifs is 2. The Balaban J connectivity index is 2.02. The maximum Gasteiger partial charge on any atom is 0.337 e. The number of thiophene rings is 1. The van der Waals surface area contributed by atoms with Crippen molar-refractivity contribution in [1.29, 1.82) is 0 Å². The van der Waals surface area contributed by atoms with Gasteiger partial charge in [-0.05, 0) is 18.2 Å². The van der Waals surface area contributed by atoms with Gasteiger partial charge in [0.15, 0.2) is 11.5 Å². The number of aromatic carboxylic acids is 1. The van der Waals surface area contributed by atoms with Crippen LogP contribution in [0.3, 0.4) is 0 Å². The average Bonchev–Trinajstić information content (AvgIpc) is 3.09. The van der Waals surface area contributed by atoms with Gasteiger partial charge in [0.25, 0.3) is 0 Å². The van der Waals surface area contributed by atoms with Gasteiger partial charge in [0.2, 0.25) is 0 Å². The molecule has 0 bridgehead atoms. The Morgan fingerprint density at radius 3 is 2.86 bits per heavy atom. The Morgan fingerprint density at radius 2 is 2.00 bits per heavy atom. The monoisotopic (exact) mass is 295 g/mol. The first-order valence-corrected chi connectivity index (χ1v) is 7.17. The Labute approximate surface area is 123 Å². The van der Waals surface area contributed by atoms with Crippen LogP contribution in [0.4, 0.5) is 0 Å². The fourth-order valence-corrected chi connectivity index (χ4v) is 3.29. The third kappa shape index (κ3) is 1.80. The molecule has 21 heavy (non-hydrogen) atoms. The van der Waals surface area contributed by atoms with Crippen molar-refractivity contribution < 1.29 is 9.90 Å². The molecule has 0 atom stereocenters. The first-order chi connectivity index (χ1) is 10.2. The highest BCUT2D eigenvalue weighted by Gasteiger charge is 2.14. The zero-order valence-corrected chi connectivity index (χ0v) is 11.5. The van der Waals surface area contributed by atoms with Crippen LogP contribution in [0.15, 0.2) is 48.0 Å². The lowest BCUT2D eigenvalue weighted by molar-refractivity contribution is 0.0696. The van der Waals surface area contributed by atoms with Crippen molar-refractivity contribution in [3.05, 3.63) is 53.5 Å². The predicted molar refractivity (Wildman–Crippen MR) is 80.8 cm³/mol. The van der Waals surface area contributed by atoms with Gasteiger partial charge in [0.1, 0.15) is 0 Å². The summed E-state index contributed by atoms with van der Waals surface area (Å²) in [6.45, 7) is 0. The van der Waals surface area contributed by atoms with E-state index in [9.17, 15) is 4.79 Å². The summed E-state index contributed by atoms with van der Waals surface area (Å²) in [4.78, 5) is 11.1. The zero-order valence-electron chi connectivity index (χ0n) is 10.7. The maximum absolute atomic E-state index is 11.1. The summed E-state index contributed by atoms with van der Waals surface area (Å²) in [5, 5.41) is 20.6. The zero-order chi connectivity index (χ0) is 14.4. The first-order valence-electron chi connectivity index (χ1n) is 6.29. The molecule has 0 saturated carbocycles. The van der Waals surface area contributed by atoms with Crippen LogP contribution in [0.5, 0.6) is 0 Å². The molecular weight excluding hydrogens is 286 g/mol. The van der Waals surface area contributed by atoms with Crippen LogP contribution in [0.1, 0.15) is 10.4 Å². The molecule has 0 radical (unpaired) electrons. The number of rotatable bonds is 2. The highest BCUT2D eigenvalue weighted by molar-refractivity contribution is 7.17. The molecule has 0 unspecified atom stereocenters. The molecule has 0 aliphatic heterocycles. The molecule has 3 aromatic heterocycles. The lowest BCUT2D eigenvalue weighted by Crippen LogP contribution is -1.99. The Kier molecular flexibility index (Phi) is 2.52. The van der Waals surface area contributed by atoms with Crippen molar-refractivity contribution in [2.24, 2.45) is 0 Å². The van der Waals surface area contributed by atoms with Gasteiger partial charge in [0.05, 0.1) is 5.56 Å². The molecular formula is C15H9N3O2S. The number of carboxylic acid groups (broad SMARTS) is 1. The van der Waals surface area contributed by atoms with E-state index in [0.717, 1.165) is 10.9 Å². The summed E-state index contributed by atoms with van der Waals surface area (Å²) < 4.78 is 2.89. The minimum atomic E-state index is -0.966. The topological polar surface area (TPSA) is 67.5 Å². The van der Waals surface area contributed by atoms with E-state index < -0.39 is 5.97 Å². The van der Waals surface area contributed by atoms with Crippen LogP contribution in [-0.4, -0.2) is 25.7 Å². The summed E-state index contributed by atoms with van der Waals surface area (Å²) in [6.07, 6.45) is 1.56. The number of pyridine rings is 1. The molecule has 6 heteroatoms. The van der Waals surface area contributed by atoms with Crippen molar-refractivity contribution in [2.45, 2.75) is 0 Å². The van der Waals surface area contributed by atoms with Crippen molar-refractivity contribution in [2.75, 3.05) is 0 Å². The minimum Gasteiger partial charge on any atom is -0.478 e. The van der Waals surface area contributed by atoms with Gasteiger partial charge < -0.3 is 5.11 Å². The molecule has 3 heterocycles. The van der Waals surface area contributed by atoms with Crippen LogP contribution in [-0.2, 0) is 0 Å². The SMILES string of the molecule is O=C(O)c1ccc2nnc(-c3csc4ccccc34)n2c1. The average molecular weight is 295 g/mol. The molecule has 0 aliphatic carbocycles. The number of hydrogen-bond donors (Lipinski definition) is 1. The molecule has 0 fully saturated rings. The van der Waals surface area contributed by atoms with E-state index in [4.69, 9.17) is 5.11 Å². The molecule has 0 saturated heterocycles. The van der Waals surface area contributed by atoms with Gasteiger partial charge in [0, 0.05) is 27.2 Å². The number of benzene rings is 1. The normalized spacial score (nSPS) is 11.2. The maximum atomic E-state index is 11.1. The summed E-state index contributed by atoms with van der Waals surface area (Å²) in [5.41, 5.74) is 1.80. The van der Waals surface area contributed by atoms with Crippen molar-refractivity contribution >= 4 is 33.0 Å². The minimum absolute atomic E-state index is 0.211. The highest BCUT2D eigenvalue weighted by Crippen LogP contribution is 2.32. The first kappa shape index (κ1) is 12.0. The highest BCUT2D eigenvalue weighted by atomic mass is 32.1. The molecule has 0 amide bonds. The van der Waals surface area contributed by atoms with Crippen molar-refractivity contribution in [1.82, 2.24) is 14.6 Å². The van der Waals surface area contributed by atoms with Crippen LogP contribution in [0, 0.1) is 0 Å². The second-order valence-corrected chi connectivity index (χ2v) is 5.53. The van der Waals surface area contributed by atoms with Crippen molar-refractivity contribution in [3.8, 4) is 11.4 Å². The second kappa shape index (κ2) is 4.39. The van der Waals surface area contributed by atoms with Crippen LogP contribution >= 0.6 is 11.3 Å². The molecule has 1 aromatic carbocycles. The van der Waals surface area contributed by atoms with Crippen molar-refractivity contribution in [3.63, 3.8) is 0 Å². The molecule has 1 N–H and O–H groups in total. The van der Waals surface area contributed by atoms with E-state index in [1.807, 2.05) is 23.6 Å². The Hall–Kier alpha value is -2.73. The third-order valence-electron chi connectivity index (χ3n) is 3.37. The fourth-order valence-electron chi connectivity index (χ4n) is 2.35. The second-order valence-electron chi connectivity index (χ2n) is 4.62. The van der Waals surface area contributed by atoms with E-state index in [-0.39, 0.29) is 5.56 Å².